The monoisotopic (exact) mass is 301 g/mol. The van der Waals surface area contributed by atoms with Crippen molar-refractivity contribution in [3.8, 4) is 0 Å². The third kappa shape index (κ3) is 3.70. The second-order valence-corrected chi connectivity index (χ2v) is 6.59. The lowest BCUT2D eigenvalue weighted by Gasteiger charge is -2.31. The molecule has 5 heteroatoms. The average Bonchev–Trinajstić information content (AvgIpc) is 3.07. The Kier molecular flexibility index (Phi) is 4.80. The quantitative estimate of drug-likeness (QED) is 0.687. The van der Waals surface area contributed by atoms with Crippen molar-refractivity contribution < 1.29 is 0 Å². The van der Waals surface area contributed by atoms with Crippen LogP contribution in [0, 0.1) is 5.92 Å². The molecule has 0 amide bonds. The standard InChI is InChI=1S/C17H27N5/c1-14-5-4-10-22(13-14)17(18)20-12-15-6-7-16(19-11-15)21-8-2-3-9-21/h6-7,11,14H,2-5,8-10,12-13H2,1H3,(H2,18,20). The molecule has 3 rings (SSSR count). The summed E-state index contributed by atoms with van der Waals surface area (Å²) in [5.41, 5.74) is 7.26. The fraction of sp³-hybridized carbons (Fsp3) is 0.647. The molecule has 22 heavy (non-hydrogen) atoms. The van der Waals surface area contributed by atoms with E-state index in [1.54, 1.807) is 0 Å². The highest BCUT2D eigenvalue weighted by atomic mass is 15.3. The van der Waals surface area contributed by atoms with E-state index in [0.717, 1.165) is 37.6 Å². The normalized spacial score (nSPS) is 23.1. The number of aromatic nitrogens is 1. The largest absolute Gasteiger partial charge is 0.370 e. The van der Waals surface area contributed by atoms with E-state index in [0.29, 0.717) is 18.4 Å². The molecule has 1 atom stereocenters. The molecule has 2 N–H and O–H groups in total. The van der Waals surface area contributed by atoms with Gasteiger partial charge in [0.25, 0.3) is 0 Å². The Bertz CT molecular complexity index is 504. The van der Waals surface area contributed by atoms with Gasteiger partial charge in [0.2, 0.25) is 0 Å². The van der Waals surface area contributed by atoms with Gasteiger partial charge in [-0.15, -0.1) is 0 Å². The van der Waals surface area contributed by atoms with Gasteiger partial charge in [-0.1, -0.05) is 13.0 Å². The van der Waals surface area contributed by atoms with Gasteiger partial charge in [-0.3, -0.25) is 0 Å². The summed E-state index contributed by atoms with van der Waals surface area (Å²) in [6.07, 6.45) is 7.00. The van der Waals surface area contributed by atoms with Crippen LogP contribution in [0.2, 0.25) is 0 Å². The first-order chi connectivity index (χ1) is 10.7. The van der Waals surface area contributed by atoms with Crippen LogP contribution < -0.4 is 10.6 Å². The Labute approximate surface area is 133 Å². The molecule has 0 bridgehead atoms. The predicted molar refractivity (Wildman–Crippen MR) is 91.0 cm³/mol. The van der Waals surface area contributed by atoms with E-state index < -0.39 is 0 Å². The first-order valence-corrected chi connectivity index (χ1v) is 8.47. The van der Waals surface area contributed by atoms with Gasteiger partial charge >= 0.3 is 0 Å². The van der Waals surface area contributed by atoms with Crippen molar-refractivity contribution in [3.63, 3.8) is 0 Å². The zero-order valence-electron chi connectivity index (χ0n) is 13.5. The topological polar surface area (TPSA) is 57.8 Å². The van der Waals surface area contributed by atoms with Gasteiger partial charge < -0.3 is 15.5 Å². The smallest absolute Gasteiger partial charge is 0.191 e. The lowest BCUT2D eigenvalue weighted by atomic mass is 10.0. The Morgan fingerprint density at radius 3 is 2.77 bits per heavy atom. The lowest BCUT2D eigenvalue weighted by Crippen LogP contribution is -2.43. The van der Waals surface area contributed by atoms with Crippen LogP contribution in [0.15, 0.2) is 23.3 Å². The Morgan fingerprint density at radius 2 is 2.09 bits per heavy atom. The molecule has 5 nitrogen and oxygen atoms in total. The summed E-state index contributed by atoms with van der Waals surface area (Å²) >= 11 is 0. The summed E-state index contributed by atoms with van der Waals surface area (Å²) in [5, 5.41) is 0. The molecular weight excluding hydrogens is 274 g/mol. The van der Waals surface area contributed by atoms with Gasteiger partial charge in [0.15, 0.2) is 5.96 Å². The van der Waals surface area contributed by atoms with E-state index in [1.165, 1.54) is 25.7 Å². The molecule has 3 heterocycles. The van der Waals surface area contributed by atoms with Crippen molar-refractivity contribution in [2.75, 3.05) is 31.1 Å². The van der Waals surface area contributed by atoms with Crippen molar-refractivity contribution in [2.24, 2.45) is 16.6 Å². The lowest BCUT2D eigenvalue weighted by molar-refractivity contribution is 0.270. The summed E-state index contributed by atoms with van der Waals surface area (Å²) in [7, 11) is 0. The van der Waals surface area contributed by atoms with E-state index in [-0.39, 0.29) is 0 Å². The summed E-state index contributed by atoms with van der Waals surface area (Å²) in [6, 6.07) is 4.23. The van der Waals surface area contributed by atoms with Crippen LogP contribution >= 0.6 is 0 Å². The van der Waals surface area contributed by atoms with Gasteiger partial charge in [-0.2, -0.15) is 0 Å². The highest BCUT2D eigenvalue weighted by Crippen LogP contribution is 2.18. The molecule has 2 aliphatic rings. The Balaban J connectivity index is 1.57. The molecule has 1 aromatic rings. The first-order valence-electron chi connectivity index (χ1n) is 8.47. The van der Waals surface area contributed by atoms with E-state index in [2.05, 4.69) is 38.8 Å². The summed E-state index contributed by atoms with van der Waals surface area (Å²) in [5.74, 6) is 2.47. The van der Waals surface area contributed by atoms with Crippen molar-refractivity contribution in [3.05, 3.63) is 23.9 Å². The average molecular weight is 301 g/mol. The predicted octanol–water partition coefficient (Wildman–Crippen LogP) is 2.23. The van der Waals surface area contributed by atoms with Gasteiger partial charge in [0.1, 0.15) is 5.82 Å². The zero-order chi connectivity index (χ0) is 15.4. The highest BCUT2D eigenvalue weighted by molar-refractivity contribution is 5.78. The molecule has 0 saturated carbocycles. The molecule has 0 aliphatic carbocycles. The van der Waals surface area contributed by atoms with Crippen LogP contribution in [0.5, 0.6) is 0 Å². The number of aliphatic imine (C=N–C) groups is 1. The second-order valence-electron chi connectivity index (χ2n) is 6.59. The molecular formula is C17H27N5. The molecule has 0 spiro atoms. The van der Waals surface area contributed by atoms with Crippen molar-refractivity contribution >= 4 is 11.8 Å². The Morgan fingerprint density at radius 1 is 1.27 bits per heavy atom. The number of nitrogens with zero attached hydrogens (tertiary/aromatic N) is 4. The minimum absolute atomic E-state index is 0.615. The van der Waals surface area contributed by atoms with Gasteiger partial charge in [0.05, 0.1) is 6.54 Å². The number of pyridine rings is 1. The van der Waals surface area contributed by atoms with Crippen LogP contribution in [0.3, 0.4) is 0 Å². The molecule has 2 saturated heterocycles. The van der Waals surface area contributed by atoms with E-state index in [1.807, 2.05) is 6.20 Å². The molecule has 120 valence electrons. The maximum absolute atomic E-state index is 6.14. The minimum atomic E-state index is 0.615. The number of nitrogens with two attached hydrogens (primary N) is 1. The van der Waals surface area contributed by atoms with E-state index >= 15 is 0 Å². The summed E-state index contributed by atoms with van der Waals surface area (Å²) < 4.78 is 0. The number of anilines is 1. The van der Waals surface area contributed by atoms with Gasteiger partial charge in [-0.25, -0.2) is 9.98 Å². The third-order valence-corrected chi connectivity index (χ3v) is 4.64. The zero-order valence-corrected chi connectivity index (χ0v) is 13.5. The van der Waals surface area contributed by atoms with Gasteiger partial charge in [-0.05, 0) is 43.2 Å². The first kappa shape index (κ1) is 15.1. The molecule has 1 unspecified atom stereocenters. The minimum Gasteiger partial charge on any atom is -0.370 e. The van der Waals surface area contributed by atoms with E-state index in [9.17, 15) is 0 Å². The van der Waals surface area contributed by atoms with Gasteiger partial charge in [0, 0.05) is 32.4 Å². The summed E-state index contributed by atoms with van der Waals surface area (Å²) in [4.78, 5) is 13.7. The Hall–Kier alpha value is -1.78. The molecule has 2 aliphatic heterocycles. The number of guanidine groups is 1. The number of hydrogen-bond acceptors (Lipinski definition) is 3. The number of likely N-dealkylation sites (tertiary alicyclic amines) is 1. The number of hydrogen-bond donors (Lipinski definition) is 1. The summed E-state index contributed by atoms with van der Waals surface area (Å²) in [6.45, 7) is 7.22. The van der Waals surface area contributed by atoms with Crippen molar-refractivity contribution in [2.45, 2.75) is 39.2 Å². The van der Waals surface area contributed by atoms with Crippen LogP contribution in [0.25, 0.3) is 0 Å². The molecule has 2 fully saturated rings. The fourth-order valence-corrected chi connectivity index (χ4v) is 3.31. The van der Waals surface area contributed by atoms with E-state index in [4.69, 9.17) is 5.73 Å². The highest BCUT2D eigenvalue weighted by Gasteiger charge is 2.17. The number of rotatable bonds is 3. The van der Waals surface area contributed by atoms with Crippen LogP contribution in [-0.4, -0.2) is 42.0 Å². The molecule has 1 aromatic heterocycles. The second kappa shape index (κ2) is 6.99. The maximum Gasteiger partial charge on any atom is 0.191 e. The maximum atomic E-state index is 6.14. The molecule has 0 radical (unpaired) electrons. The van der Waals surface area contributed by atoms with Crippen LogP contribution in [0.4, 0.5) is 5.82 Å². The number of piperidine rings is 1. The van der Waals surface area contributed by atoms with Crippen molar-refractivity contribution in [1.82, 2.24) is 9.88 Å². The van der Waals surface area contributed by atoms with Crippen LogP contribution in [-0.2, 0) is 6.54 Å². The van der Waals surface area contributed by atoms with Crippen molar-refractivity contribution in [1.29, 1.82) is 0 Å². The third-order valence-electron chi connectivity index (χ3n) is 4.64. The SMILES string of the molecule is CC1CCCN(C(N)=NCc2ccc(N3CCCC3)nc2)C1. The van der Waals surface area contributed by atoms with Crippen LogP contribution in [0.1, 0.15) is 38.2 Å². The molecule has 0 aromatic carbocycles. The fourth-order valence-electron chi connectivity index (χ4n) is 3.31.